The Labute approximate surface area is 110 Å². The van der Waals surface area contributed by atoms with Crippen LogP contribution in [0.25, 0.3) is 0 Å². The zero-order valence-corrected chi connectivity index (χ0v) is 10.9. The molecule has 104 valence electrons. The third-order valence-corrected chi connectivity index (χ3v) is 2.30. The van der Waals surface area contributed by atoms with Gasteiger partial charge in [0.1, 0.15) is 6.61 Å². The summed E-state index contributed by atoms with van der Waals surface area (Å²) < 4.78 is 14.7. The van der Waals surface area contributed by atoms with Crippen molar-refractivity contribution in [1.29, 1.82) is 0 Å². The van der Waals surface area contributed by atoms with Crippen molar-refractivity contribution in [2.24, 2.45) is 0 Å². The minimum Gasteiger partial charge on any atom is -0.493 e. The highest BCUT2D eigenvalue weighted by Crippen LogP contribution is 2.33. The molecule has 0 spiro atoms. The van der Waals surface area contributed by atoms with Crippen LogP contribution in [0.2, 0.25) is 0 Å². The van der Waals surface area contributed by atoms with Crippen molar-refractivity contribution >= 4 is 17.6 Å². The highest BCUT2D eigenvalue weighted by atomic mass is 16.5. The molecular formula is C12H15NO6. The van der Waals surface area contributed by atoms with Crippen LogP contribution in [0.3, 0.4) is 0 Å². The molecule has 0 bridgehead atoms. The van der Waals surface area contributed by atoms with Gasteiger partial charge >= 0.3 is 5.97 Å². The van der Waals surface area contributed by atoms with Crippen LogP contribution in [0, 0.1) is 0 Å². The lowest BCUT2D eigenvalue weighted by molar-refractivity contribution is -0.119. The van der Waals surface area contributed by atoms with E-state index in [-0.39, 0.29) is 23.6 Å². The van der Waals surface area contributed by atoms with Crippen molar-refractivity contribution in [2.45, 2.75) is 0 Å². The number of amides is 1. The molecule has 0 aliphatic heterocycles. The molecule has 19 heavy (non-hydrogen) atoms. The summed E-state index contributed by atoms with van der Waals surface area (Å²) in [4.78, 5) is 22.6. The van der Waals surface area contributed by atoms with Crippen LogP contribution in [0.1, 0.15) is 10.4 Å². The number of rotatable bonds is 6. The van der Waals surface area contributed by atoms with E-state index in [1.54, 1.807) is 0 Å². The fourth-order valence-electron chi connectivity index (χ4n) is 1.48. The second-order valence-corrected chi connectivity index (χ2v) is 3.54. The summed E-state index contributed by atoms with van der Waals surface area (Å²) >= 11 is 0. The summed E-state index contributed by atoms with van der Waals surface area (Å²) in [6, 6.07) is 2.67. The van der Waals surface area contributed by atoms with Crippen LogP contribution in [-0.4, -0.2) is 44.9 Å². The molecule has 0 aromatic heterocycles. The first-order chi connectivity index (χ1) is 9.03. The van der Waals surface area contributed by atoms with Crippen LogP contribution in [0.5, 0.6) is 11.5 Å². The van der Waals surface area contributed by atoms with Gasteiger partial charge in [0.25, 0.3) is 0 Å². The summed E-state index contributed by atoms with van der Waals surface area (Å²) in [7, 11) is 4.18. The molecule has 0 saturated heterocycles. The molecule has 0 saturated carbocycles. The van der Waals surface area contributed by atoms with Crippen LogP contribution in [0.15, 0.2) is 12.1 Å². The van der Waals surface area contributed by atoms with Gasteiger partial charge in [-0.2, -0.15) is 0 Å². The van der Waals surface area contributed by atoms with E-state index in [0.717, 1.165) is 0 Å². The molecule has 0 fully saturated rings. The molecule has 0 aliphatic carbocycles. The number of methoxy groups -OCH3 is 3. The Bertz CT molecular complexity index is 485. The van der Waals surface area contributed by atoms with E-state index >= 15 is 0 Å². The zero-order valence-electron chi connectivity index (χ0n) is 10.9. The number of carbonyl (C=O) groups excluding carboxylic acids is 1. The quantitative estimate of drug-likeness (QED) is 0.799. The predicted molar refractivity (Wildman–Crippen MR) is 67.0 cm³/mol. The Morgan fingerprint density at radius 3 is 2.21 bits per heavy atom. The average Bonchev–Trinajstić information content (AvgIpc) is 2.38. The molecule has 0 aliphatic rings. The third-order valence-electron chi connectivity index (χ3n) is 2.30. The van der Waals surface area contributed by atoms with E-state index in [0.29, 0.717) is 5.75 Å². The maximum absolute atomic E-state index is 11.4. The molecule has 0 unspecified atom stereocenters. The molecule has 0 atom stereocenters. The third kappa shape index (κ3) is 3.59. The Kier molecular flexibility index (Phi) is 5.13. The van der Waals surface area contributed by atoms with Crippen molar-refractivity contribution < 1.29 is 28.9 Å². The maximum Gasteiger partial charge on any atom is 0.337 e. The normalized spacial score (nSPS) is 9.84. The molecular weight excluding hydrogens is 254 g/mol. The van der Waals surface area contributed by atoms with Crippen LogP contribution in [-0.2, 0) is 9.53 Å². The van der Waals surface area contributed by atoms with E-state index in [2.05, 4.69) is 10.1 Å². The predicted octanol–water partition coefficient (Wildman–Crippen LogP) is 0.987. The Balaban J connectivity index is 3.19. The summed E-state index contributed by atoms with van der Waals surface area (Å²) in [6.45, 7) is -0.173. The van der Waals surface area contributed by atoms with Crippen molar-refractivity contribution in [3.63, 3.8) is 0 Å². The molecule has 0 heterocycles. The van der Waals surface area contributed by atoms with Gasteiger partial charge in [0.05, 0.1) is 25.5 Å². The molecule has 2 N–H and O–H groups in total. The fraction of sp³-hybridized carbons (Fsp3) is 0.333. The van der Waals surface area contributed by atoms with E-state index in [4.69, 9.17) is 14.6 Å². The number of anilines is 1. The first-order valence-corrected chi connectivity index (χ1v) is 5.31. The molecule has 1 rings (SSSR count). The molecule has 7 nitrogen and oxygen atoms in total. The second kappa shape index (κ2) is 6.60. The number of benzene rings is 1. The summed E-state index contributed by atoms with van der Waals surface area (Å²) in [5, 5.41) is 11.6. The number of carboxylic acids is 1. The lowest BCUT2D eigenvalue weighted by Gasteiger charge is -2.13. The van der Waals surface area contributed by atoms with E-state index in [1.807, 2.05) is 0 Å². The maximum atomic E-state index is 11.4. The van der Waals surface area contributed by atoms with Gasteiger partial charge in [0, 0.05) is 19.2 Å². The number of carbonyl (C=O) groups is 2. The minimum absolute atomic E-state index is 0.0953. The van der Waals surface area contributed by atoms with Gasteiger partial charge < -0.3 is 24.6 Å². The second-order valence-electron chi connectivity index (χ2n) is 3.54. The number of hydrogen-bond donors (Lipinski definition) is 2. The Morgan fingerprint density at radius 1 is 1.16 bits per heavy atom. The van der Waals surface area contributed by atoms with Gasteiger partial charge in [-0.15, -0.1) is 0 Å². The van der Waals surface area contributed by atoms with Gasteiger partial charge in [-0.3, -0.25) is 4.79 Å². The van der Waals surface area contributed by atoms with Crippen molar-refractivity contribution in [1.82, 2.24) is 0 Å². The van der Waals surface area contributed by atoms with Gasteiger partial charge in [0.15, 0.2) is 11.5 Å². The largest absolute Gasteiger partial charge is 0.493 e. The van der Waals surface area contributed by atoms with Crippen molar-refractivity contribution in [3.05, 3.63) is 17.7 Å². The van der Waals surface area contributed by atoms with Crippen LogP contribution < -0.4 is 14.8 Å². The lowest BCUT2D eigenvalue weighted by atomic mass is 10.1. The Morgan fingerprint density at radius 2 is 1.74 bits per heavy atom. The lowest BCUT2D eigenvalue weighted by Crippen LogP contribution is -2.19. The molecule has 1 aromatic rings. The van der Waals surface area contributed by atoms with Crippen LogP contribution >= 0.6 is 0 Å². The molecule has 0 radical (unpaired) electrons. The zero-order chi connectivity index (χ0) is 14.4. The first-order valence-electron chi connectivity index (χ1n) is 5.31. The minimum atomic E-state index is -1.19. The first kappa shape index (κ1) is 14.8. The van der Waals surface area contributed by atoms with E-state index in [1.165, 1.54) is 33.5 Å². The smallest absolute Gasteiger partial charge is 0.337 e. The molecule has 1 aromatic carbocycles. The van der Waals surface area contributed by atoms with Crippen molar-refractivity contribution in [3.8, 4) is 11.5 Å². The van der Waals surface area contributed by atoms with Gasteiger partial charge in [-0.25, -0.2) is 4.79 Å². The fourth-order valence-corrected chi connectivity index (χ4v) is 1.48. The van der Waals surface area contributed by atoms with E-state index in [9.17, 15) is 9.59 Å². The van der Waals surface area contributed by atoms with Crippen molar-refractivity contribution in [2.75, 3.05) is 33.3 Å². The topological polar surface area (TPSA) is 94.1 Å². The Hall–Kier alpha value is -2.28. The average molecular weight is 269 g/mol. The highest BCUT2D eigenvalue weighted by Gasteiger charge is 2.17. The molecule has 1 amide bonds. The SMILES string of the molecule is COCC(=O)Nc1cc(OC)c(OC)cc1C(=O)O. The monoisotopic (exact) mass is 269 g/mol. The number of ether oxygens (including phenoxy) is 3. The number of carboxylic acid groups (broad SMARTS) is 1. The standard InChI is InChI=1S/C12H15NO6/c1-17-6-11(14)13-8-5-10(19-3)9(18-2)4-7(8)12(15)16/h4-5H,6H2,1-3H3,(H,13,14)(H,15,16). The summed E-state index contributed by atoms with van der Waals surface area (Å²) in [5.41, 5.74) is 0.0225. The van der Waals surface area contributed by atoms with Gasteiger partial charge in [-0.1, -0.05) is 0 Å². The highest BCUT2D eigenvalue weighted by molar-refractivity contribution is 6.01. The van der Waals surface area contributed by atoms with Gasteiger partial charge in [0.2, 0.25) is 5.91 Å². The number of hydrogen-bond acceptors (Lipinski definition) is 5. The summed E-state index contributed by atoms with van der Waals surface area (Å²) in [6.07, 6.45) is 0. The number of nitrogens with one attached hydrogen (secondary N) is 1. The summed E-state index contributed by atoms with van der Waals surface area (Å²) in [5.74, 6) is -1.06. The molecule has 7 heteroatoms. The van der Waals surface area contributed by atoms with Gasteiger partial charge in [-0.05, 0) is 0 Å². The van der Waals surface area contributed by atoms with E-state index < -0.39 is 11.9 Å². The van der Waals surface area contributed by atoms with Crippen LogP contribution in [0.4, 0.5) is 5.69 Å². The number of aromatic carboxylic acids is 1.